The van der Waals surface area contributed by atoms with Gasteiger partial charge in [0.25, 0.3) is 11.8 Å². The molecule has 7 nitrogen and oxygen atoms in total. The molecule has 144 valence electrons. The standard InChI is InChI=1S/C20H25N3O4/c1-6-15-16(20(26)27-5)12(2)17(22-15)19(25)23(4)11-13-7-9-14(10-8-13)18(24)21-3/h7-10,22H,6,11H2,1-5H3,(H,21,24). The smallest absolute Gasteiger partial charge is 0.339 e. The number of aryl methyl sites for hydroxylation is 1. The molecule has 0 aliphatic heterocycles. The third-order valence-corrected chi connectivity index (χ3v) is 4.49. The molecule has 7 heteroatoms. The lowest BCUT2D eigenvalue weighted by Gasteiger charge is -2.17. The zero-order chi connectivity index (χ0) is 20.1. The normalized spacial score (nSPS) is 10.4. The third kappa shape index (κ3) is 4.19. The molecule has 0 saturated carbocycles. The monoisotopic (exact) mass is 371 g/mol. The van der Waals surface area contributed by atoms with E-state index >= 15 is 0 Å². The molecule has 0 fully saturated rings. The van der Waals surface area contributed by atoms with Crippen molar-refractivity contribution in [1.29, 1.82) is 0 Å². The molecule has 0 aliphatic carbocycles. The van der Waals surface area contributed by atoms with Gasteiger partial charge in [-0.1, -0.05) is 19.1 Å². The lowest BCUT2D eigenvalue weighted by molar-refractivity contribution is 0.0598. The number of amides is 2. The summed E-state index contributed by atoms with van der Waals surface area (Å²) in [6.07, 6.45) is 0.587. The lowest BCUT2D eigenvalue weighted by atomic mass is 10.1. The van der Waals surface area contributed by atoms with Gasteiger partial charge in [0.1, 0.15) is 5.69 Å². The summed E-state index contributed by atoms with van der Waals surface area (Å²) in [4.78, 5) is 41.1. The van der Waals surface area contributed by atoms with Crippen LogP contribution in [0.4, 0.5) is 0 Å². The number of benzene rings is 1. The number of hydrogen-bond acceptors (Lipinski definition) is 4. The molecule has 2 rings (SSSR count). The van der Waals surface area contributed by atoms with Crippen LogP contribution in [0.2, 0.25) is 0 Å². The van der Waals surface area contributed by atoms with Crippen molar-refractivity contribution in [3.05, 3.63) is 57.9 Å². The maximum absolute atomic E-state index is 12.9. The Kier molecular flexibility index (Phi) is 6.39. The minimum absolute atomic E-state index is 0.157. The Morgan fingerprint density at radius 2 is 1.81 bits per heavy atom. The second-order valence-corrected chi connectivity index (χ2v) is 6.26. The molecule has 1 aromatic carbocycles. The van der Waals surface area contributed by atoms with Crippen LogP contribution >= 0.6 is 0 Å². The number of esters is 1. The van der Waals surface area contributed by atoms with Crippen LogP contribution in [-0.4, -0.2) is 48.9 Å². The Bertz CT molecular complexity index is 853. The Hall–Kier alpha value is -3.09. The quantitative estimate of drug-likeness (QED) is 0.762. The van der Waals surface area contributed by atoms with E-state index in [0.29, 0.717) is 41.0 Å². The number of H-pyrrole nitrogens is 1. The molecule has 2 N–H and O–H groups in total. The molecule has 0 aliphatic rings. The number of methoxy groups -OCH3 is 1. The van der Waals surface area contributed by atoms with Gasteiger partial charge in [-0.2, -0.15) is 0 Å². The summed E-state index contributed by atoms with van der Waals surface area (Å²) in [6.45, 7) is 4.02. The summed E-state index contributed by atoms with van der Waals surface area (Å²) in [6, 6.07) is 7.06. The molecule has 0 radical (unpaired) electrons. The van der Waals surface area contributed by atoms with E-state index in [2.05, 4.69) is 10.3 Å². The van der Waals surface area contributed by atoms with Crippen LogP contribution in [0.3, 0.4) is 0 Å². The predicted octanol–water partition coefficient (Wildman–Crippen LogP) is 2.30. The van der Waals surface area contributed by atoms with E-state index in [-0.39, 0.29) is 11.8 Å². The van der Waals surface area contributed by atoms with Crippen LogP contribution in [0.1, 0.15) is 54.9 Å². The predicted molar refractivity (Wildman–Crippen MR) is 102 cm³/mol. The highest BCUT2D eigenvalue weighted by Crippen LogP contribution is 2.22. The third-order valence-electron chi connectivity index (χ3n) is 4.49. The molecule has 0 saturated heterocycles. The second kappa shape index (κ2) is 8.53. The highest BCUT2D eigenvalue weighted by molar-refractivity contribution is 6.00. The first kappa shape index (κ1) is 20.2. The molecule has 0 atom stereocenters. The second-order valence-electron chi connectivity index (χ2n) is 6.26. The van der Waals surface area contributed by atoms with E-state index in [1.807, 2.05) is 19.1 Å². The molecule has 27 heavy (non-hydrogen) atoms. The van der Waals surface area contributed by atoms with Crippen molar-refractivity contribution in [2.24, 2.45) is 0 Å². The first-order valence-corrected chi connectivity index (χ1v) is 8.70. The SMILES string of the molecule is CCc1[nH]c(C(=O)N(C)Cc2ccc(C(=O)NC)cc2)c(C)c1C(=O)OC. The van der Waals surface area contributed by atoms with Gasteiger partial charge < -0.3 is 19.9 Å². The van der Waals surface area contributed by atoms with Gasteiger partial charge >= 0.3 is 5.97 Å². The highest BCUT2D eigenvalue weighted by atomic mass is 16.5. The van der Waals surface area contributed by atoms with E-state index in [1.165, 1.54) is 7.11 Å². The number of hydrogen-bond donors (Lipinski definition) is 2. The van der Waals surface area contributed by atoms with Crippen molar-refractivity contribution in [1.82, 2.24) is 15.2 Å². The summed E-state index contributed by atoms with van der Waals surface area (Å²) >= 11 is 0. The molecule has 0 bridgehead atoms. The Morgan fingerprint density at radius 1 is 1.19 bits per heavy atom. The van der Waals surface area contributed by atoms with Crippen molar-refractivity contribution < 1.29 is 19.1 Å². The van der Waals surface area contributed by atoms with Crippen molar-refractivity contribution in [2.75, 3.05) is 21.2 Å². The van der Waals surface area contributed by atoms with E-state index in [4.69, 9.17) is 4.74 Å². The number of aromatic amines is 1. The molecule has 0 spiro atoms. The summed E-state index contributed by atoms with van der Waals surface area (Å²) in [5.41, 5.74) is 3.54. The van der Waals surface area contributed by atoms with Gasteiger partial charge in [0, 0.05) is 31.9 Å². The van der Waals surface area contributed by atoms with Gasteiger partial charge in [-0.15, -0.1) is 0 Å². The van der Waals surface area contributed by atoms with Gasteiger partial charge in [-0.25, -0.2) is 4.79 Å². The van der Waals surface area contributed by atoms with Crippen LogP contribution in [0.25, 0.3) is 0 Å². The fourth-order valence-electron chi connectivity index (χ4n) is 2.96. The molecule has 2 aromatic rings. The molecule has 1 aromatic heterocycles. The van der Waals surface area contributed by atoms with Gasteiger partial charge in [0.15, 0.2) is 0 Å². The minimum atomic E-state index is -0.452. The van der Waals surface area contributed by atoms with Crippen molar-refractivity contribution in [3.63, 3.8) is 0 Å². The summed E-state index contributed by atoms with van der Waals surface area (Å²) in [5, 5.41) is 2.57. The average molecular weight is 371 g/mol. The summed E-state index contributed by atoms with van der Waals surface area (Å²) in [5.74, 6) is -0.824. The highest BCUT2D eigenvalue weighted by Gasteiger charge is 2.25. The number of carbonyl (C=O) groups excluding carboxylic acids is 3. The van der Waals surface area contributed by atoms with E-state index in [1.54, 1.807) is 38.1 Å². The van der Waals surface area contributed by atoms with E-state index in [0.717, 1.165) is 5.56 Å². The number of nitrogens with one attached hydrogen (secondary N) is 2. The number of aromatic nitrogens is 1. The minimum Gasteiger partial charge on any atom is -0.465 e. The topological polar surface area (TPSA) is 91.5 Å². The van der Waals surface area contributed by atoms with E-state index < -0.39 is 5.97 Å². The molecular formula is C20H25N3O4. The number of rotatable bonds is 6. The fraction of sp³-hybridized carbons (Fsp3) is 0.350. The maximum Gasteiger partial charge on any atom is 0.339 e. The van der Waals surface area contributed by atoms with Gasteiger partial charge in [-0.05, 0) is 36.6 Å². The maximum atomic E-state index is 12.9. The van der Waals surface area contributed by atoms with Crippen molar-refractivity contribution in [2.45, 2.75) is 26.8 Å². The first-order chi connectivity index (χ1) is 12.8. The average Bonchev–Trinajstić information content (AvgIpc) is 3.02. The van der Waals surface area contributed by atoms with Crippen LogP contribution in [0.5, 0.6) is 0 Å². The molecule has 2 amide bonds. The molecule has 0 unspecified atom stereocenters. The first-order valence-electron chi connectivity index (χ1n) is 8.70. The number of nitrogens with zero attached hydrogens (tertiary/aromatic N) is 1. The van der Waals surface area contributed by atoms with Gasteiger partial charge in [0.05, 0.1) is 12.7 Å². The lowest BCUT2D eigenvalue weighted by Crippen LogP contribution is -2.27. The summed E-state index contributed by atoms with van der Waals surface area (Å²) < 4.78 is 4.83. The zero-order valence-electron chi connectivity index (χ0n) is 16.3. The largest absolute Gasteiger partial charge is 0.465 e. The van der Waals surface area contributed by atoms with Crippen LogP contribution in [-0.2, 0) is 17.7 Å². The Morgan fingerprint density at radius 3 is 2.33 bits per heavy atom. The Balaban J connectivity index is 2.21. The fourth-order valence-corrected chi connectivity index (χ4v) is 2.96. The van der Waals surface area contributed by atoms with Crippen LogP contribution < -0.4 is 5.32 Å². The van der Waals surface area contributed by atoms with Crippen LogP contribution in [0.15, 0.2) is 24.3 Å². The molecular weight excluding hydrogens is 346 g/mol. The summed E-state index contributed by atoms with van der Waals surface area (Å²) in [7, 11) is 4.59. The Labute approximate surface area is 158 Å². The van der Waals surface area contributed by atoms with Gasteiger partial charge in [0.2, 0.25) is 0 Å². The number of carbonyl (C=O) groups is 3. The molecule has 1 heterocycles. The van der Waals surface area contributed by atoms with E-state index in [9.17, 15) is 14.4 Å². The number of ether oxygens (including phenoxy) is 1. The van der Waals surface area contributed by atoms with Gasteiger partial charge in [-0.3, -0.25) is 9.59 Å². The van der Waals surface area contributed by atoms with Crippen molar-refractivity contribution >= 4 is 17.8 Å². The van der Waals surface area contributed by atoms with Crippen LogP contribution in [0, 0.1) is 6.92 Å². The zero-order valence-corrected chi connectivity index (χ0v) is 16.3. The van der Waals surface area contributed by atoms with Crippen molar-refractivity contribution in [3.8, 4) is 0 Å².